The maximum atomic E-state index is 12.3. The van der Waals surface area contributed by atoms with Crippen LogP contribution in [0, 0.1) is 5.92 Å². The van der Waals surface area contributed by atoms with Crippen LogP contribution in [0.1, 0.15) is 32.6 Å². The third-order valence-electron chi connectivity index (χ3n) is 3.45. The zero-order valence-corrected chi connectivity index (χ0v) is 14.4. The summed E-state index contributed by atoms with van der Waals surface area (Å²) in [5, 5.41) is 9.84. The Balaban J connectivity index is 2.62. The second kappa shape index (κ2) is 10.4. The molecule has 0 spiro atoms. The van der Waals surface area contributed by atoms with Gasteiger partial charge in [0.05, 0.1) is 12.5 Å². The van der Waals surface area contributed by atoms with Gasteiger partial charge < -0.3 is 4.90 Å². The number of anilines is 2. The van der Waals surface area contributed by atoms with E-state index in [2.05, 4.69) is 27.7 Å². The Hall–Kier alpha value is -2.42. The summed E-state index contributed by atoms with van der Waals surface area (Å²) in [6, 6.07) is 1.74. The highest BCUT2D eigenvalue weighted by atomic mass is 16.5. The molecule has 2 amide bonds. The number of nitrogens with zero attached hydrogens (tertiary/aromatic N) is 4. The van der Waals surface area contributed by atoms with E-state index in [9.17, 15) is 14.8 Å². The van der Waals surface area contributed by atoms with E-state index in [0.717, 1.165) is 19.3 Å². The lowest BCUT2D eigenvalue weighted by Crippen LogP contribution is -2.40. The summed E-state index contributed by atoms with van der Waals surface area (Å²) in [5.74, 6) is 0.115. The lowest BCUT2D eigenvalue weighted by molar-refractivity contribution is -0.154. The molecule has 1 heterocycles. The fourth-order valence-electron chi connectivity index (χ4n) is 2.09. The van der Waals surface area contributed by atoms with Crippen molar-refractivity contribution >= 4 is 24.1 Å². The summed E-state index contributed by atoms with van der Waals surface area (Å²) in [7, 11) is 3.70. The maximum absolute atomic E-state index is 12.3. The third-order valence-corrected chi connectivity index (χ3v) is 3.45. The first-order chi connectivity index (χ1) is 11.5. The summed E-state index contributed by atoms with van der Waals surface area (Å²) >= 11 is 0. The molecule has 0 aliphatic carbocycles. The Bertz CT molecular complexity index is 526. The Morgan fingerprint density at radius 2 is 2.17 bits per heavy atom. The van der Waals surface area contributed by atoms with Crippen molar-refractivity contribution in [2.45, 2.75) is 32.6 Å². The highest BCUT2D eigenvalue weighted by Crippen LogP contribution is 2.12. The van der Waals surface area contributed by atoms with E-state index in [0.29, 0.717) is 17.3 Å². The first-order valence-corrected chi connectivity index (χ1v) is 7.95. The van der Waals surface area contributed by atoms with Crippen LogP contribution in [0.3, 0.4) is 0 Å². The van der Waals surface area contributed by atoms with Crippen molar-refractivity contribution in [2.24, 2.45) is 5.92 Å². The topological polar surface area (TPSA) is 111 Å². The molecule has 0 aliphatic heterocycles. The van der Waals surface area contributed by atoms with Crippen LogP contribution >= 0.6 is 0 Å². The van der Waals surface area contributed by atoms with Crippen LogP contribution in [0.25, 0.3) is 0 Å². The van der Waals surface area contributed by atoms with Crippen LogP contribution in [0.2, 0.25) is 0 Å². The van der Waals surface area contributed by atoms with Gasteiger partial charge in [-0.2, -0.15) is 4.98 Å². The molecule has 1 atom stereocenters. The summed E-state index contributed by atoms with van der Waals surface area (Å²) in [6.45, 7) is 2.01. The fourth-order valence-corrected chi connectivity index (χ4v) is 2.09. The van der Waals surface area contributed by atoms with Crippen LogP contribution < -0.4 is 15.8 Å². The molecule has 1 aromatic rings. The van der Waals surface area contributed by atoms with Gasteiger partial charge in [-0.05, 0) is 12.5 Å². The molecule has 9 nitrogen and oxygen atoms in total. The zero-order valence-electron chi connectivity index (χ0n) is 14.4. The van der Waals surface area contributed by atoms with Gasteiger partial charge in [0, 0.05) is 20.3 Å². The number of carbonyl (C=O) groups is 2. The summed E-state index contributed by atoms with van der Waals surface area (Å²) in [6.07, 6.45) is 5.29. The SMILES string of the molecule is CCCCC[C@@H](CN(O)C=O)C(=O)NNc1nccc(N(C)C)n1. The molecular weight excluding hydrogens is 312 g/mol. The largest absolute Gasteiger partial charge is 0.363 e. The van der Waals surface area contributed by atoms with Gasteiger partial charge in [-0.1, -0.05) is 26.2 Å². The van der Waals surface area contributed by atoms with E-state index < -0.39 is 5.92 Å². The van der Waals surface area contributed by atoms with E-state index in [-0.39, 0.29) is 24.8 Å². The molecule has 0 unspecified atom stereocenters. The molecule has 24 heavy (non-hydrogen) atoms. The van der Waals surface area contributed by atoms with Gasteiger partial charge in [0.15, 0.2) is 0 Å². The van der Waals surface area contributed by atoms with Gasteiger partial charge in [-0.3, -0.25) is 25.6 Å². The number of carbonyl (C=O) groups excluding carboxylic acids is 2. The Labute approximate surface area is 142 Å². The van der Waals surface area contributed by atoms with E-state index in [4.69, 9.17) is 0 Å². The van der Waals surface area contributed by atoms with Gasteiger partial charge in [-0.15, -0.1) is 0 Å². The van der Waals surface area contributed by atoms with Crippen molar-refractivity contribution < 1.29 is 14.8 Å². The number of rotatable bonds is 11. The quantitative estimate of drug-likeness (QED) is 0.239. The van der Waals surface area contributed by atoms with Gasteiger partial charge >= 0.3 is 0 Å². The number of aromatic nitrogens is 2. The van der Waals surface area contributed by atoms with Crippen LogP contribution in [0.15, 0.2) is 12.3 Å². The molecule has 0 aromatic carbocycles. The average molecular weight is 338 g/mol. The van der Waals surface area contributed by atoms with Crippen molar-refractivity contribution in [2.75, 3.05) is 31.0 Å². The lowest BCUT2D eigenvalue weighted by Gasteiger charge is -2.20. The number of nitrogens with one attached hydrogen (secondary N) is 2. The Morgan fingerprint density at radius 3 is 2.79 bits per heavy atom. The van der Waals surface area contributed by atoms with E-state index in [1.165, 1.54) is 0 Å². The first-order valence-electron chi connectivity index (χ1n) is 7.95. The van der Waals surface area contributed by atoms with Crippen molar-refractivity contribution in [3.8, 4) is 0 Å². The molecule has 0 bridgehead atoms. The van der Waals surface area contributed by atoms with Gasteiger partial charge in [0.1, 0.15) is 5.82 Å². The number of amides is 2. The Kier molecular flexibility index (Phi) is 8.48. The molecule has 3 N–H and O–H groups in total. The van der Waals surface area contributed by atoms with Gasteiger partial charge in [0.2, 0.25) is 18.3 Å². The summed E-state index contributed by atoms with van der Waals surface area (Å²) < 4.78 is 0. The average Bonchev–Trinajstić information content (AvgIpc) is 2.58. The van der Waals surface area contributed by atoms with Crippen LogP contribution in [-0.4, -0.2) is 53.2 Å². The Morgan fingerprint density at radius 1 is 1.42 bits per heavy atom. The number of hydrogen-bond acceptors (Lipinski definition) is 7. The van der Waals surface area contributed by atoms with Crippen molar-refractivity contribution in [3.05, 3.63) is 12.3 Å². The van der Waals surface area contributed by atoms with Crippen LogP contribution in [0.5, 0.6) is 0 Å². The maximum Gasteiger partial charge on any atom is 0.243 e. The predicted molar refractivity (Wildman–Crippen MR) is 90.3 cm³/mol. The van der Waals surface area contributed by atoms with E-state index >= 15 is 0 Å². The first kappa shape index (κ1) is 19.6. The minimum atomic E-state index is -0.517. The monoisotopic (exact) mass is 338 g/mol. The smallest absolute Gasteiger partial charge is 0.243 e. The second-order valence-corrected chi connectivity index (χ2v) is 5.67. The molecule has 1 rings (SSSR count). The molecule has 0 radical (unpaired) electrons. The molecule has 0 fully saturated rings. The highest BCUT2D eigenvalue weighted by Gasteiger charge is 2.20. The summed E-state index contributed by atoms with van der Waals surface area (Å²) in [4.78, 5) is 32.9. The number of hydroxylamine groups is 2. The van der Waals surface area contributed by atoms with Gasteiger partial charge in [-0.25, -0.2) is 10.0 Å². The van der Waals surface area contributed by atoms with Crippen molar-refractivity contribution in [3.63, 3.8) is 0 Å². The predicted octanol–water partition coefficient (Wildman–Crippen LogP) is 1.03. The van der Waals surface area contributed by atoms with E-state index in [1.54, 1.807) is 12.3 Å². The summed E-state index contributed by atoms with van der Waals surface area (Å²) in [5.41, 5.74) is 5.20. The molecule has 0 saturated heterocycles. The number of unbranched alkanes of at least 4 members (excludes halogenated alkanes) is 2. The lowest BCUT2D eigenvalue weighted by atomic mass is 10.0. The molecule has 0 aliphatic rings. The van der Waals surface area contributed by atoms with Crippen molar-refractivity contribution in [1.29, 1.82) is 0 Å². The van der Waals surface area contributed by atoms with Crippen LogP contribution in [-0.2, 0) is 9.59 Å². The standard InChI is InChI=1S/C15H26N6O3/c1-4-5-6-7-12(10-21(24)11-22)14(23)18-19-15-16-9-8-13(17-15)20(2)3/h8-9,11-12,24H,4-7,10H2,1-3H3,(H,18,23)(H,16,17,19)/t12-/m0/s1. The molecule has 1 aromatic heterocycles. The minimum absolute atomic E-state index is 0.0562. The van der Waals surface area contributed by atoms with Crippen molar-refractivity contribution in [1.82, 2.24) is 20.5 Å². The molecule has 134 valence electrons. The molecule has 9 heteroatoms. The number of hydrogen-bond donors (Lipinski definition) is 3. The molecular formula is C15H26N6O3. The van der Waals surface area contributed by atoms with E-state index in [1.807, 2.05) is 19.0 Å². The normalized spacial score (nSPS) is 11.5. The zero-order chi connectivity index (χ0) is 17.9. The van der Waals surface area contributed by atoms with Crippen LogP contribution in [0.4, 0.5) is 11.8 Å². The molecule has 0 saturated carbocycles. The van der Waals surface area contributed by atoms with Gasteiger partial charge in [0.25, 0.3) is 0 Å². The number of hydrazine groups is 1. The minimum Gasteiger partial charge on any atom is -0.363 e. The third kappa shape index (κ3) is 6.78. The fraction of sp³-hybridized carbons (Fsp3) is 0.600. The second-order valence-electron chi connectivity index (χ2n) is 5.67. The highest BCUT2D eigenvalue weighted by molar-refractivity contribution is 5.80.